The van der Waals surface area contributed by atoms with Gasteiger partial charge in [0.1, 0.15) is 0 Å². The maximum absolute atomic E-state index is 3.63. The third kappa shape index (κ3) is 3.67. The summed E-state index contributed by atoms with van der Waals surface area (Å²) < 4.78 is 1.30. The predicted octanol–water partition coefficient (Wildman–Crippen LogP) is 4.67. The fourth-order valence-electron chi connectivity index (χ4n) is 3.24. The van der Waals surface area contributed by atoms with E-state index in [0.29, 0.717) is 6.04 Å². The molecular formula is C19H22IN. The molecule has 0 heterocycles. The van der Waals surface area contributed by atoms with Crippen molar-refractivity contribution in [3.8, 4) is 0 Å². The summed E-state index contributed by atoms with van der Waals surface area (Å²) in [5.41, 5.74) is 5.98. The molecule has 1 unspecified atom stereocenters. The number of nitrogens with one attached hydrogen (secondary N) is 1. The van der Waals surface area contributed by atoms with Gasteiger partial charge in [-0.3, -0.25) is 0 Å². The van der Waals surface area contributed by atoms with Crippen LogP contribution in [0.25, 0.3) is 0 Å². The summed E-state index contributed by atoms with van der Waals surface area (Å²) in [5.74, 6) is 0. The highest BCUT2D eigenvalue weighted by Crippen LogP contribution is 2.26. The minimum atomic E-state index is 0.409. The van der Waals surface area contributed by atoms with Crippen molar-refractivity contribution in [3.63, 3.8) is 0 Å². The highest BCUT2D eigenvalue weighted by atomic mass is 127. The molecule has 0 saturated heterocycles. The number of fused-ring (bicyclic) bond motifs is 1. The quantitative estimate of drug-likeness (QED) is 0.731. The Morgan fingerprint density at radius 3 is 2.57 bits per heavy atom. The second-order valence-electron chi connectivity index (χ2n) is 5.82. The van der Waals surface area contributed by atoms with Gasteiger partial charge in [0.05, 0.1) is 0 Å². The van der Waals surface area contributed by atoms with Crippen LogP contribution in [0, 0.1) is 3.57 Å². The Morgan fingerprint density at radius 2 is 1.81 bits per heavy atom. The van der Waals surface area contributed by atoms with Crippen molar-refractivity contribution in [2.24, 2.45) is 0 Å². The first kappa shape index (κ1) is 15.0. The Labute approximate surface area is 141 Å². The molecule has 1 aliphatic rings. The fraction of sp³-hybridized carbons (Fsp3) is 0.368. The third-order valence-corrected chi connectivity index (χ3v) is 5.04. The normalized spacial score (nSPS) is 15.0. The molecule has 110 valence electrons. The summed E-state index contributed by atoms with van der Waals surface area (Å²) in [6, 6.07) is 16.4. The number of rotatable bonds is 5. The second-order valence-corrected chi connectivity index (χ2v) is 7.07. The van der Waals surface area contributed by atoms with E-state index in [1.807, 2.05) is 0 Å². The van der Waals surface area contributed by atoms with E-state index >= 15 is 0 Å². The Morgan fingerprint density at radius 1 is 1.05 bits per heavy atom. The van der Waals surface area contributed by atoms with E-state index in [1.165, 1.54) is 34.0 Å². The van der Waals surface area contributed by atoms with Gasteiger partial charge in [-0.1, -0.05) is 37.3 Å². The van der Waals surface area contributed by atoms with Gasteiger partial charge in [0.2, 0.25) is 0 Å². The molecule has 0 aliphatic heterocycles. The lowest BCUT2D eigenvalue weighted by Crippen LogP contribution is -2.23. The summed E-state index contributed by atoms with van der Waals surface area (Å²) in [6.45, 7) is 3.18. The Balaban J connectivity index is 1.80. The van der Waals surface area contributed by atoms with Crippen molar-refractivity contribution in [1.82, 2.24) is 5.32 Å². The summed E-state index contributed by atoms with van der Waals surface area (Å²) >= 11 is 2.36. The maximum Gasteiger partial charge on any atom is 0.0360 e. The molecule has 0 radical (unpaired) electrons. The smallest absolute Gasteiger partial charge is 0.0360 e. The van der Waals surface area contributed by atoms with E-state index in [-0.39, 0.29) is 0 Å². The van der Waals surface area contributed by atoms with Crippen LogP contribution in [-0.2, 0) is 19.3 Å². The SMILES string of the molecule is CCNC(Cc1ccc2c(c1)CCC2)c1ccc(I)cc1. The molecule has 1 nitrogen and oxygen atoms in total. The molecule has 1 aliphatic carbocycles. The lowest BCUT2D eigenvalue weighted by atomic mass is 9.96. The highest BCUT2D eigenvalue weighted by Gasteiger charge is 2.14. The van der Waals surface area contributed by atoms with Crippen LogP contribution in [0.1, 0.15) is 41.6 Å². The van der Waals surface area contributed by atoms with Crippen molar-refractivity contribution in [2.75, 3.05) is 6.54 Å². The average molecular weight is 391 g/mol. The summed E-state index contributed by atoms with van der Waals surface area (Å²) in [5, 5.41) is 3.63. The van der Waals surface area contributed by atoms with E-state index in [9.17, 15) is 0 Å². The lowest BCUT2D eigenvalue weighted by Gasteiger charge is -2.19. The van der Waals surface area contributed by atoms with Gasteiger partial charge >= 0.3 is 0 Å². The zero-order valence-electron chi connectivity index (χ0n) is 12.5. The fourth-order valence-corrected chi connectivity index (χ4v) is 3.60. The number of likely N-dealkylation sites (N-methyl/N-ethyl adjacent to an activating group) is 1. The topological polar surface area (TPSA) is 12.0 Å². The molecule has 0 spiro atoms. The molecule has 0 amide bonds. The zero-order valence-corrected chi connectivity index (χ0v) is 14.7. The molecule has 0 aromatic heterocycles. The monoisotopic (exact) mass is 391 g/mol. The summed E-state index contributed by atoms with van der Waals surface area (Å²) in [6.07, 6.45) is 4.93. The van der Waals surface area contributed by atoms with Crippen LogP contribution in [0.3, 0.4) is 0 Å². The number of halogens is 1. The lowest BCUT2D eigenvalue weighted by molar-refractivity contribution is 0.549. The van der Waals surface area contributed by atoms with Gasteiger partial charge in [0.15, 0.2) is 0 Å². The highest BCUT2D eigenvalue weighted by molar-refractivity contribution is 14.1. The molecule has 2 aromatic carbocycles. The first-order valence-electron chi connectivity index (χ1n) is 7.86. The largest absolute Gasteiger partial charge is 0.310 e. The Hall–Kier alpha value is -0.870. The van der Waals surface area contributed by atoms with E-state index in [1.54, 1.807) is 11.1 Å². The van der Waals surface area contributed by atoms with E-state index in [4.69, 9.17) is 0 Å². The minimum absolute atomic E-state index is 0.409. The maximum atomic E-state index is 3.63. The number of aryl methyl sites for hydroxylation is 2. The number of hydrogen-bond donors (Lipinski definition) is 1. The van der Waals surface area contributed by atoms with Crippen LogP contribution in [-0.4, -0.2) is 6.54 Å². The molecule has 0 fully saturated rings. The minimum Gasteiger partial charge on any atom is -0.310 e. The molecule has 1 atom stereocenters. The molecule has 0 saturated carbocycles. The predicted molar refractivity (Wildman–Crippen MR) is 97.7 cm³/mol. The van der Waals surface area contributed by atoms with Crippen LogP contribution >= 0.6 is 22.6 Å². The van der Waals surface area contributed by atoms with E-state index in [0.717, 1.165) is 13.0 Å². The average Bonchev–Trinajstić information content (AvgIpc) is 2.95. The van der Waals surface area contributed by atoms with Gasteiger partial charge in [-0.2, -0.15) is 0 Å². The molecule has 3 rings (SSSR count). The number of hydrogen-bond acceptors (Lipinski definition) is 1. The molecule has 2 heteroatoms. The van der Waals surface area contributed by atoms with Crippen LogP contribution in [0.15, 0.2) is 42.5 Å². The van der Waals surface area contributed by atoms with Crippen LogP contribution in [0.5, 0.6) is 0 Å². The second kappa shape index (κ2) is 6.93. The van der Waals surface area contributed by atoms with Crippen LogP contribution in [0.4, 0.5) is 0 Å². The van der Waals surface area contributed by atoms with Crippen molar-refractivity contribution < 1.29 is 0 Å². The standard InChI is InChI=1S/C19H22IN/c1-2-21-19(16-8-10-18(20)11-9-16)13-14-6-7-15-4-3-5-17(15)12-14/h6-12,19,21H,2-5,13H2,1H3. The first-order valence-corrected chi connectivity index (χ1v) is 8.93. The molecule has 1 N–H and O–H groups in total. The zero-order chi connectivity index (χ0) is 14.7. The molecule has 2 aromatic rings. The van der Waals surface area contributed by atoms with Gasteiger partial charge in [-0.15, -0.1) is 0 Å². The summed E-state index contributed by atoms with van der Waals surface area (Å²) in [7, 11) is 0. The molecular weight excluding hydrogens is 369 g/mol. The van der Waals surface area contributed by atoms with Crippen molar-refractivity contribution >= 4 is 22.6 Å². The van der Waals surface area contributed by atoms with Crippen molar-refractivity contribution in [1.29, 1.82) is 0 Å². The van der Waals surface area contributed by atoms with Crippen LogP contribution in [0.2, 0.25) is 0 Å². The van der Waals surface area contributed by atoms with Crippen molar-refractivity contribution in [3.05, 3.63) is 68.3 Å². The van der Waals surface area contributed by atoms with Gasteiger partial charge in [-0.05, 0) is 89.2 Å². The Kier molecular flexibility index (Phi) is 4.96. The van der Waals surface area contributed by atoms with Gasteiger partial charge in [0.25, 0.3) is 0 Å². The first-order chi connectivity index (χ1) is 10.3. The van der Waals surface area contributed by atoms with E-state index < -0.39 is 0 Å². The van der Waals surface area contributed by atoms with Gasteiger partial charge < -0.3 is 5.32 Å². The molecule has 21 heavy (non-hydrogen) atoms. The van der Waals surface area contributed by atoms with Crippen LogP contribution < -0.4 is 5.32 Å². The Bertz CT molecular complexity index is 603. The van der Waals surface area contributed by atoms with Crippen molar-refractivity contribution in [2.45, 2.75) is 38.6 Å². The third-order valence-electron chi connectivity index (χ3n) is 4.33. The van der Waals surface area contributed by atoms with E-state index in [2.05, 4.69) is 77.3 Å². The van der Waals surface area contributed by atoms with Gasteiger partial charge in [0, 0.05) is 9.61 Å². The molecule has 0 bridgehead atoms. The van der Waals surface area contributed by atoms with Gasteiger partial charge in [-0.25, -0.2) is 0 Å². The summed E-state index contributed by atoms with van der Waals surface area (Å²) in [4.78, 5) is 0. The number of benzene rings is 2.